The molecule has 1 aromatic heterocycles. The number of hydrogen-bond acceptors (Lipinski definition) is 5. The van der Waals surface area contributed by atoms with Crippen molar-refractivity contribution >= 4 is 54.9 Å². The number of nitrogens with zero attached hydrogens (tertiary/aromatic N) is 1. The lowest BCUT2D eigenvalue weighted by molar-refractivity contribution is -0.143. The Kier molecular flexibility index (Phi) is 6.25. The van der Waals surface area contributed by atoms with Crippen molar-refractivity contribution in [2.75, 3.05) is 19.7 Å². The van der Waals surface area contributed by atoms with Gasteiger partial charge in [-0.3, -0.25) is 4.79 Å². The molecule has 0 bridgehead atoms. The Bertz CT molecular complexity index is 538. The standard InChI is InChI=1S/C10H13BrClNO4S2/c1-3-13(6-8(14)17-4-2)19(15,16)9-5-7(12)10(11)18-9/h5H,3-4,6H2,1-2H3. The van der Waals surface area contributed by atoms with Crippen LogP contribution in [0.3, 0.4) is 0 Å². The van der Waals surface area contributed by atoms with Crippen LogP contribution in [0.4, 0.5) is 0 Å². The van der Waals surface area contributed by atoms with E-state index >= 15 is 0 Å². The third-order valence-electron chi connectivity index (χ3n) is 2.18. The van der Waals surface area contributed by atoms with Gasteiger partial charge in [-0.25, -0.2) is 8.42 Å². The van der Waals surface area contributed by atoms with Gasteiger partial charge < -0.3 is 4.74 Å². The molecule has 5 nitrogen and oxygen atoms in total. The molecule has 0 saturated carbocycles. The van der Waals surface area contributed by atoms with Crippen LogP contribution in [0.5, 0.6) is 0 Å². The van der Waals surface area contributed by atoms with Crippen LogP contribution in [-0.2, 0) is 19.6 Å². The summed E-state index contributed by atoms with van der Waals surface area (Å²) >= 11 is 10.0. The Balaban J connectivity index is 2.99. The molecule has 1 aromatic rings. The van der Waals surface area contributed by atoms with Gasteiger partial charge in [-0.2, -0.15) is 4.31 Å². The summed E-state index contributed by atoms with van der Waals surface area (Å²) in [5, 5.41) is 0.329. The molecule has 108 valence electrons. The minimum Gasteiger partial charge on any atom is -0.465 e. The average molecular weight is 391 g/mol. The lowest BCUT2D eigenvalue weighted by atomic mass is 10.6. The highest BCUT2D eigenvalue weighted by molar-refractivity contribution is 9.11. The summed E-state index contributed by atoms with van der Waals surface area (Å²) in [6, 6.07) is 1.36. The van der Waals surface area contributed by atoms with Gasteiger partial charge in [0, 0.05) is 6.54 Å². The molecule has 0 radical (unpaired) electrons. The van der Waals surface area contributed by atoms with Crippen molar-refractivity contribution < 1.29 is 17.9 Å². The van der Waals surface area contributed by atoms with E-state index in [1.54, 1.807) is 13.8 Å². The molecule has 0 N–H and O–H groups in total. The van der Waals surface area contributed by atoms with E-state index in [1.807, 2.05) is 0 Å². The number of likely N-dealkylation sites (N-methyl/N-ethyl adjacent to an activating group) is 1. The van der Waals surface area contributed by atoms with Crippen molar-refractivity contribution in [1.29, 1.82) is 0 Å². The highest BCUT2D eigenvalue weighted by atomic mass is 79.9. The maximum absolute atomic E-state index is 12.3. The second kappa shape index (κ2) is 7.03. The van der Waals surface area contributed by atoms with E-state index < -0.39 is 16.0 Å². The highest BCUT2D eigenvalue weighted by Gasteiger charge is 2.28. The molecular formula is C10H13BrClNO4S2. The van der Waals surface area contributed by atoms with Crippen LogP contribution in [0.1, 0.15) is 13.8 Å². The molecule has 9 heteroatoms. The fourth-order valence-electron chi connectivity index (χ4n) is 1.30. The van der Waals surface area contributed by atoms with E-state index in [4.69, 9.17) is 16.3 Å². The summed E-state index contributed by atoms with van der Waals surface area (Å²) in [5.41, 5.74) is 0. The second-order valence-corrected chi connectivity index (χ2v) is 8.37. The smallest absolute Gasteiger partial charge is 0.321 e. The molecule has 0 spiro atoms. The van der Waals surface area contributed by atoms with Gasteiger partial charge in [0.05, 0.1) is 15.4 Å². The van der Waals surface area contributed by atoms with E-state index in [-0.39, 0.29) is 23.9 Å². The zero-order valence-corrected chi connectivity index (χ0v) is 14.3. The Hall–Kier alpha value is -0.150. The monoisotopic (exact) mass is 389 g/mol. The van der Waals surface area contributed by atoms with Crippen molar-refractivity contribution in [2.45, 2.75) is 18.1 Å². The SMILES string of the molecule is CCOC(=O)CN(CC)S(=O)(=O)c1cc(Cl)c(Br)s1. The Labute approximate surface area is 129 Å². The van der Waals surface area contributed by atoms with Crippen molar-refractivity contribution in [2.24, 2.45) is 0 Å². The van der Waals surface area contributed by atoms with Crippen molar-refractivity contribution in [3.8, 4) is 0 Å². The van der Waals surface area contributed by atoms with Gasteiger partial charge in [-0.15, -0.1) is 11.3 Å². The van der Waals surface area contributed by atoms with E-state index in [9.17, 15) is 13.2 Å². The van der Waals surface area contributed by atoms with Crippen LogP contribution in [0, 0.1) is 0 Å². The van der Waals surface area contributed by atoms with Crippen molar-refractivity contribution in [1.82, 2.24) is 4.31 Å². The predicted molar refractivity (Wildman–Crippen MR) is 78.1 cm³/mol. The summed E-state index contributed by atoms with van der Waals surface area (Å²) in [6.45, 7) is 3.40. The largest absolute Gasteiger partial charge is 0.465 e. The highest BCUT2D eigenvalue weighted by Crippen LogP contribution is 2.35. The third-order valence-corrected chi connectivity index (χ3v) is 7.02. The van der Waals surface area contributed by atoms with Crippen LogP contribution in [-0.4, -0.2) is 38.4 Å². The maximum atomic E-state index is 12.3. The minimum atomic E-state index is -3.73. The summed E-state index contributed by atoms with van der Waals surface area (Å²) in [4.78, 5) is 11.4. The van der Waals surface area contributed by atoms with Gasteiger partial charge in [0.15, 0.2) is 0 Å². The van der Waals surface area contributed by atoms with Crippen molar-refractivity contribution in [3.63, 3.8) is 0 Å². The molecule has 0 amide bonds. The van der Waals surface area contributed by atoms with Gasteiger partial charge in [0.2, 0.25) is 0 Å². The second-order valence-electron chi connectivity index (χ2n) is 3.42. The van der Waals surface area contributed by atoms with Gasteiger partial charge >= 0.3 is 5.97 Å². The number of rotatable bonds is 6. The summed E-state index contributed by atoms with van der Waals surface area (Å²) in [6.07, 6.45) is 0. The fraction of sp³-hybridized carbons (Fsp3) is 0.500. The van der Waals surface area contributed by atoms with Gasteiger partial charge in [-0.1, -0.05) is 18.5 Å². The number of sulfonamides is 1. The third kappa shape index (κ3) is 4.16. The quantitative estimate of drug-likeness (QED) is 0.701. The Morgan fingerprint density at radius 2 is 2.16 bits per heavy atom. The number of halogens is 2. The van der Waals surface area contributed by atoms with Gasteiger partial charge in [0.25, 0.3) is 10.0 Å². The predicted octanol–water partition coefficient (Wildman–Crippen LogP) is 2.74. The lowest BCUT2D eigenvalue weighted by Gasteiger charge is -2.18. The van der Waals surface area contributed by atoms with Crippen LogP contribution < -0.4 is 0 Å². The molecule has 1 rings (SSSR count). The molecule has 19 heavy (non-hydrogen) atoms. The fourth-order valence-corrected chi connectivity index (χ4v) is 5.25. The van der Waals surface area contributed by atoms with Crippen LogP contribution in [0.2, 0.25) is 5.02 Å². The summed E-state index contributed by atoms with van der Waals surface area (Å²) < 4.78 is 31.1. The number of carbonyl (C=O) groups is 1. The lowest BCUT2D eigenvalue weighted by Crippen LogP contribution is -2.35. The van der Waals surface area contributed by atoms with Crippen molar-refractivity contribution in [3.05, 3.63) is 14.9 Å². The molecule has 0 aliphatic heterocycles. The number of esters is 1. The summed E-state index contributed by atoms with van der Waals surface area (Å²) in [7, 11) is -3.73. The van der Waals surface area contributed by atoms with E-state index in [1.165, 1.54) is 6.07 Å². The number of hydrogen-bond donors (Lipinski definition) is 0. The normalized spacial score (nSPS) is 11.8. The minimum absolute atomic E-state index is 0.0931. The van der Waals surface area contributed by atoms with Gasteiger partial charge in [-0.05, 0) is 28.9 Å². The van der Waals surface area contributed by atoms with E-state index in [0.29, 0.717) is 8.81 Å². The molecule has 0 atom stereocenters. The molecule has 0 unspecified atom stereocenters. The van der Waals surface area contributed by atoms with Crippen LogP contribution in [0.25, 0.3) is 0 Å². The Morgan fingerprint density at radius 3 is 2.58 bits per heavy atom. The Morgan fingerprint density at radius 1 is 1.53 bits per heavy atom. The number of ether oxygens (including phenoxy) is 1. The number of thiophene rings is 1. The first kappa shape index (κ1) is 16.9. The molecule has 0 aromatic carbocycles. The van der Waals surface area contributed by atoms with Crippen LogP contribution >= 0.6 is 38.9 Å². The molecule has 0 saturated heterocycles. The average Bonchev–Trinajstić information content (AvgIpc) is 2.67. The first-order valence-electron chi connectivity index (χ1n) is 5.43. The zero-order chi connectivity index (χ0) is 14.6. The first-order valence-corrected chi connectivity index (χ1v) is 8.86. The molecule has 0 fully saturated rings. The maximum Gasteiger partial charge on any atom is 0.321 e. The molecular weight excluding hydrogens is 378 g/mol. The van der Waals surface area contributed by atoms with Crippen LogP contribution in [0.15, 0.2) is 14.1 Å². The van der Waals surface area contributed by atoms with E-state index in [2.05, 4.69) is 15.9 Å². The molecule has 0 aliphatic rings. The first-order chi connectivity index (χ1) is 8.82. The van der Waals surface area contributed by atoms with E-state index in [0.717, 1.165) is 15.6 Å². The summed E-state index contributed by atoms with van der Waals surface area (Å²) in [5.74, 6) is -0.574. The molecule has 1 heterocycles. The zero-order valence-electron chi connectivity index (χ0n) is 10.4. The number of carbonyl (C=O) groups excluding carboxylic acids is 1. The van der Waals surface area contributed by atoms with Gasteiger partial charge in [0.1, 0.15) is 10.8 Å². The topological polar surface area (TPSA) is 63.7 Å². The molecule has 0 aliphatic carbocycles.